The van der Waals surface area contributed by atoms with Crippen molar-refractivity contribution < 1.29 is 13.2 Å². The standard InChI is InChI=1S/C11H21N3O3S/c15-11(13-6-1-2-7-13)3-10-18(16,17)14-8-4-12-5-9-14/h12H,1-10H2. The smallest absolute Gasteiger partial charge is 0.223 e. The van der Waals surface area contributed by atoms with Gasteiger partial charge < -0.3 is 10.2 Å². The average molecular weight is 275 g/mol. The molecule has 6 nitrogen and oxygen atoms in total. The van der Waals surface area contributed by atoms with Gasteiger partial charge in [0.15, 0.2) is 0 Å². The number of hydrogen-bond donors (Lipinski definition) is 1. The fraction of sp³-hybridized carbons (Fsp3) is 0.909. The molecule has 1 amide bonds. The lowest BCUT2D eigenvalue weighted by Gasteiger charge is -2.26. The van der Waals surface area contributed by atoms with E-state index in [-0.39, 0.29) is 18.1 Å². The molecule has 0 bridgehead atoms. The summed E-state index contributed by atoms with van der Waals surface area (Å²) in [4.78, 5) is 13.6. The van der Waals surface area contributed by atoms with E-state index in [1.165, 1.54) is 4.31 Å². The number of sulfonamides is 1. The van der Waals surface area contributed by atoms with Crippen LogP contribution in [0.4, 0.5) is 0 Å². The third kappa shape index (κ3) is 3.43. The third-order valence-corrected chi connectivity index (χ3v) is 5.37. The van der Waals surface area contributed by atoms with Gasteiger partial charge in [-0.3, -0.25) is 4.79 Å². The highest BCUT2D eigenvalue weighted by molar-refractivity contribution is 7.89. The Morgan fingerprint density at radius 2 is 1.67 bits per heavy atom. The van der Waals surface area contributed by atoms with Gasteiger partial charge in [0, 0.05) is 45.7 Å². The van der Waals surface area contributed by atoms with Gasteiger partial charge in [-0.15, -0.1) is 0 Å². The molecule has 0 aliphatic carbocycles. The summed E-state index contributed by atoms with van der Waals surface area (Å²) in [7, 11) is -3.26. The van der Waals surface area contributed by atoms with Crippen LogP contribution in [0.1, 0.15) is 19.3 Å². The van der Waals surface area contributed by atoms with Crippen LogP contribution in [0.25, 0.3) is 0 Å². The van der Waals surface area contributed by atoms with Crippen molar-refractivity contribution in [3.05, 3.63) is 0 Å². The van der Waals surface area contributed by atoms with Crippen molar-refractivity contribution in [3.63, 3.8) is 0 Å². The van der Waals surface area contributed by atoms with Gasteiger partial charge in [-0.1, -0.05) is 0 Å². The van der Waals surface area contributed by atoms with E-state index in [1.807, 2.05) is 0 Å². The lowest BCUT2D eigenvalue weighted by molar-refractivity contribution is -0.129. The molecule has 2 rings (SSSR count). The molecule has 2 saturated heterocycles. The van der Waals surface area contributed by atoms with E-state index in [2.05, 4.69) is 5.32 Å². The van der Waals surface area contributed by atoms with Crippen LogP contribution in [0.3, 0.4) is 0 Å². The van der Waals surface area contributed by atoms with Crippen molar-refractivity contribution >= 4 is 15.9 Å². The topological polar surface area (TPSA) is 69.7 Å². The molecule has 0 saturated carbocycles. The van der Waals surface area contributed by atoms with E-state index < -0.39 is 10.0 Å². The highest BCUT2D eigenvalue weighted by Crippen LogP contribution is 2.11. The molecule has 1 N–H and O–H groups in total. The van der Waals surface area contributed by atoms with Gasteiger partial charge in [-0.25, -0.2) is 8.42 Å². The Balaban J connectivity index is 1.82. The molecule has 2 aliphatic rings. The fourth-order valence-electron chi connectivity index (χ4n) is 2.39. The summed E-state index contributed by atoms with van der Waals surface area (Å²) >= 11 is 0. The SMILES string of the molecule is O=C(CCS(=O)(=O)N1CCNCC1)N1CCCC1. The molecule has 0 unspecified atom stereocenters. The molecule has 2 aliphatic heterocycles. The van der Waals surface area contributed by atoms with Crippen molar-refractivity contribution in [2.75, 3.05) is 45.0 Å². The Morgan fingerprint density at radius 3 is 2.28 bits per heavy atom. The Morgan fingerprint density at radius 1 is 1.06 bits per heavy atom. The number of rotatable bonds is 4. The molecule has 0 spiro atoms. The van der Waals surface area contributed by atoms with Crippen LogP contribution >= 0.6 is 0 Å². The van der Waals surface area contributed by atoms with Crippen LogP contribution in [0.2, 0.25) is 0 Å². The normalized spacial score (nSPS) is 22.3. The molecule has 0 radical (unpaired) electrons. The van der Waals surface area contributed by atoms with Gasteiger partial charge in [-0.2, -0.15) is 4.31 Å². The van der Waals surface area contributed by atoms with Crippen LogP contribution < -0.4 is 5.32 Å². The van der Waals surface area contributed by atoms with Gasteiger partial charge in [0.05, 0.1) is 5.75 Å². The number of likely N-dealkylation sites (tertiary alicyclic amines) is 1. The first kappa shape index (κ1) is 13.8. The number of hydrogen-bond acceptors (Lipinski definition) is 4. The minimum Gasteiger partial charge on any atom is -0.343 e. The number of amides is 1. The zero-order chi connectivity index (χ0) is 13.0. The highest BCUT2D eigenvalue weighted by atomic mass is 32.2. The average Bonchev–Trinajstić information content (AvgIpc) is 2.91. The summed E-state index contributed by atoms with van der Waals surface area (Å²) < 4.78 is 25.6. The van der Waals surface area contributed by atoms with Crippen molar-refractivity contribution in [1.29, 1.82) is 0 Å². The first-order valence-electron chi connectivity index (χ1n) is 6.56. The summed E-state index contributed by atoms with van der Waals surface area (Å²) in [5, 5.41) is 3.12. The predicted molar refractivity (Wildman–Crippen MR) is 68.7 cm³/mol. The maximum Gasteiger partial charge on any atom is 0.223 e. The number of nitrogens with zero attached hydrogens (tertiary/aromatic N) is 2. The molecule has 18 heavy (non-hydrogen) atoms. The molecule has 0 atom stereocenters. The number of carbonyl (C=O) groups excluding carboxylic acids is 1. The maximum atomic E-state index is 12.0. The first-order chi connectivity index (χ1) is 8.59. The van der Waals surface area contributed by atoms with E-state index in [0.29, 0.717) is 26.2 Å². The van der Waals surface area contributed by atoms with Crippen LogP contribution in [0.15, 0.2) is 0 Å². The molecule has 7 heteroatoms. The van der Waals surface area contributed by atoms with Crippen LogP contribution in [0, 0.1) is 0 Å². The van der Waals surface area contributed by atoms with Crippen molar-refractivity contribution in [3.8, 4) is 0 Å². The van der Waals surface area contributed by atoms with Gasteiger partial charge in [-0.05, 0) is 12.8 Å². The van der Waals surface area contributed by atoms with Gasteiger partial charge in [0.2, 0.25) is 15.9 Å². The molecule has 0 aromatic carbocycles. The lowest BCUT2D eigenvalue weighted by Crippen LogP contribution is -2.47. The maximum absolute atomic E-state index is 12.0. The molecular weight excluding hydrogens is 254 g/mol. The number of piperazine rings is 1. The van der Waals surface area contributed by atoms with Crippen molar-refractivity contribution in [2.24, 2.45) is 0 Å². The summed E-state index contributed by atoms with van der Waals surface area (Å²) in [5.74, 6) is -0.0753. The molecule has 0 aromatic rings. The van der Waals surface area contributed by atoms with E-state index in [9.17, 15) is 13.2 Å². The molecule has 2 heterocycles. The van der Waals surface area contributed by atoms with Crippen molar-refractivity contribution in [2.45, 2.75) is 19.3 Å². The Kier molecular flexibility index (Phi) is 4.58. The van der Waals surface area contributed by atoms with E-state index in [1.54, 1.807) is 4.90 Å². The van der Waals surface area contributed by atoms with Crippen LogP contribution in [0.5, 0.6) is 0 Å². The second-order valence-corrected chi connectivity index (χ2v) is 6.89. The third-order valence-electron chi connectivity index (χ3n) is 3.50. The largest absolute Gasteiger partial charge is 0.343 e. The Labute approximate surface area is 108 Å². The van der Waals surface area contributed by atoms with E-state index >= 15 is 0 Å². The fourth-order valence-corrected chi connectivity index (χ4v) is 3.82. The molecule has 2 fully saturated rings. The highest BCUT2D eigenvalue weighted by Gasteiger charge is 2.26. The molecule has 0 aromatic heterocycles. The summed E-state index contributed by atoms with van der Waals surface area (Å²) in [5.41, 5.74) is 0. The quantitative estimate of drug-likeness (QED) is 0.732. The summed E-state index contributed by atoms with van der Waals surface area (Å²) in [6.45, 7) is 3.98. The summed E-state index contributed by atoms with van der Waals surface area (Å²) in [6.07, 6.45) is 2.19. The zero-order valence-corrected chi connectivity index (χ0v) is 11.4. The monoisotopic (exact) mass is 275 g/mol. The minimum absolute atomic E-state index is 0.0220. The van der Waals surface area contributed by atoms with Gasteiger partial charge in [0.1, 0.15) is 0 Å². The Bertz CT molecular complexity index is 384. The Hall–Kier alpha value is -0.660. The lowest BCUT2D eigenvalue weighted by atomic mass is 10.4. The summed E-state index contributed by atoms with van der Waals surface area (Å²) in [6, 6.07) is 0. The van der Waals surface area contributed by atoms with Crippen molar-refractivity contribution in [1.82, 2.24) is 14.5 Å². The van der Waals surface area contributed by atoms with Gasteiger partial charge >= 0.3 is 0 Å². The minimum atomic E-state index is -3.26. The van der Waals surface area contributed by atoms with E-state index in [4.69, 9.17) is 0 Å². The first-order valence-corrected chi connectivity index (χ1v) is 8.17. The number of carbonyl (C=O) groups is 1. The predicted octanol–water partition coefficient (Wildman–Crippen LogP) is -0.766. The zero-order valence-electron chi connectivity index (χ0n) is 10.6. The second kappa shape index (κ2) is 5.99. The van der Waals surface area contributed by atoms with E-state index in [0.717, 1.165) is 25.9 Å². The second-order valence-electron chi connectivity index (χ2n) is 4.80. The molecular formula is C11H21N3O3S. The van der Waals surface area contributed by atoms with Crippen LogP contribution in [-0.2, 0) is 14.8 Å². The number of nitrogens with one attached hydrogen (secondary N) is 1. The van der Waals surface area contributed by atoms with Gasteiger partial charge in [0.25, 0.3) is 0 Å². The molecule has 104 valence electrons. The van der Waals surface area contributed by atoms with Crippen LogP contribution in [-0.4, -0.2) is 68.6 Å².